The maximum atomic E-state index is 13.2. The van der Waals surface area contributed by atoms with Crippen LogP contribution in [0.1, 0.15) is 30.0 Å². The zero-order valence-electron chi connectivity index (χ0n) is 18.8. The van der Waals surface area contributed by atoms with Crippen molar-refractivity contribution in [3.63, 3.8) is 0 Å². The molecule has 0 unspecified atom stereocenters. The third kappa shape index (κ3) is 4.28. The van der Waals surface area contributed by atoms with Crippen LogP contribution in [0, 0.1) is 6.92 Å². The number of methoxy groups -OCH3 is 1. The van der Waals surface area contributed by atoms with Crippen LogP contribution < -0.4 is 5.32 Å². The van der Waals surface area contributed by atoms with Gasteiger partial charge in [-0.25, -0.2) is 9.59 Å². The maximum absolute atomic E-state index is 13.2. The van der Waals surface area contributed by atoms with Crippen molar-refractivity contribution in [2.45, 2.75) is 37.0 Å². The predicted octanol–water partition coefficient (Wildman–Crippen LogP) is 3.42. The number of carbonyl (C=O) groups excluding carboxylic acids is 2. The van der Waals surface area contributed by atoms with Gasteiger partial charge in [-0.1, -0.05) is 54.2 Å². The lowest BCUT2D eigenvalue weighted by molar-refractivity contribution is -0.136. The van der Waals surface area contributed by atoms with Crippen LogP contribution in [0.15, 0.2) is 71.0 Å². The summed E-state index contributed by atoms with van der Waals surface area (Å²) in [4.78, 5) is 27.9. The molecule has 1 fully saturated rings. The molecule has 2 amide bonds. The summed E-state index contributed by atoms with van der Waals surface area (Å²) in [7, 11) is 1.36. The van der Waals surface area contributed by atoms with Crippen molar-refractivity contribution in [2.24, 2.45) is 0 Å². The van der Waals surface area contributed by atoms with E-state index in [1.807, 2.05) is 61.5 Å². The van der Waals surface area contributed by atoms with E-state index in [1.54, 1.807) is 9.58 Å². The number of aryl methyl sites for hydroxylation is 1. The van der Waals surface area contributed by atoms with E-state index in [9.17, 15) is 9.59 Å². The Bertz CT molecular complexity index is 1250. The summed E-state index contributed by atoms with van der Waals surface area (Å²) in [5, 5.41) is 15.8. The quantitative estimate of drug-likeness (QED) is 0.412. The van der Waals surface area contributed by atoms with Gasteiger partial charge in [0.25, 0.3) is 0 Å². The van der Waals surface area contributed by atoms with Crippen molar-refractivity contribution >= 4 is 23.8 Å². The van der Waals surface area contributed by atoms with E-state index in [4.69, 9.17) is 4.74 Å². The molecule has 3 aromatic rings. The van der Waals surface area contributed by atoms with Gasteiger partial charge in [0, 0.05) is 17.5 Å². The van der Waals surface area contributed by atoms with Crippen LogP contribution in [0.3, 0.4) is 0 Å². The molecule has 0 radical (unpaired) electrons. The van der Waals surface area contributed by atoms with E-state index in [0.717, 1.165) is 29.7 Å². The first-order chi connectivity index (χ1) is 16.6. The van der Waals surface area contributed by atoms with Gasteiger partial charge in [0.2, 0.25) is 5.16 Å². The number of tetrazole rings is 1. The van der Waals surface area contributed by atoms with E-state index in [0.29, 0.717) is 22.2 Å². The van der Waals surface area contributed by atoms with Crippen LogP contribution in [0.2, 0.25) is 0 Å². The number of urea groups is 1. The summed E-state index contributed by atoms with van der Waals surface area (Å²) < 4.78 is 6.83. The SMILES string of the molecule is COC(=O)C1=C(CSc2nnnn2-c2cccc(C)c2)N(C2CC2)C(=O)N[C@@H]1c1ccccc1. The molecule has 9 nitrogen and oxygen atoms in total. The zero-order valence-corrected chi connectivity index (χ0v) is 19.7. The molecule has 5 rings (SSSR count). The summed E-state index contributed by atoms with van der Waals surface area (Å²) in [6, 6.07) is 16.6. The molecule has 1 saturated carbocycles. The molecule has 1 atom stereocenters. The van der Waals surface area contributed by atoms with Crippen molar-refractivity contribution in [3.8, 4) is 5.69 Å². The van der Waals surface area contributed by atoms with Crippen LogP contribution in [0.25, 0.3) is 5.69 Å². The summed E-state index contributed by atoms with van der Waals surface area (Å²) in [5.41, 5.74) is 3.82. The molecule has 0 spiro atoms. The molecule has 2 heterocycles. The Morgan fingerprint density at radius 3 is 2.68 bits per heavy atom. The van der Waals surface area contributed by atoms with Crippen molar-refractivity contribution in [1.82, 2.24) is 30.4 Å². The van der Waals surface area contributed by atoms with Crippen molar-refractivity contribution < 1.29 is 14.3 Å². The molecule has 0 bridgehead atoms. The van der Waals surface area contributed by atoms with E-state index >= 15 is 0 Å². The molecule has 1 aliphatic heterocycles. The minimum absolute atomic E-state index is 0.0692. The molecular formula is C24H24N6O3S. The lowest BCUT2D eigenvalue weighted by Gasteiger charge is -2.36. The topological polar surface area (TPSA) is 102 Å². The highest BCUT2D eigenvalue weighted by Gasteiger charge is 2.44. The molecule has 174 valence electrons. The minimum atomic E-state index is -0.598. The zero-order chi connectivity index (χ0) is 23.7. The van der Waals surface area contributed by atoms with Crippen molar-refractivity contribution in [1.29, 1.82) is 0 Å². The normalized spacial score (nSPS) is 18.1. The first-order valence-corrected chi connectivity index (χ1v) is 12.0. The largest absolute Gasteiger partial charge is 0.466 e. The van der Waals surface area contributed by atoms with Crippen LogP contribution in [0.5, 0.6) is 0 Å². The molecule has 1 aromatic heterocycles. The first kappa shape index (κ1) is 22.1. The maximum Gasteiger partial charge on any atom is 0.338 e. The second-order valence-electron chi connectivity index (χ2n) is 8.25. The molecule has 2 aromatic carbocycles. The van der Waals surface area contributed by atoms with Gasteiger partial charge in [-0.3, -0.25) is 4.90 Å². The van der Waals surface area contributed by atoms with Gasteiger partial charge in [-0.05, 0) is 53.5 Å². The predicted molar refractivity (Wildman–Crippen MR) is 126 cm³/mol. The fourth-order valence-corrected chi connectivity index (χ4v) is 5.03. The number of ether oxygens (including phenoxy) is 1. The number of nitrogens with one attached hydrogen (secondary N) is 1. The van der Waals surface area contributed by atoms with Crippen molar-refractivity contribution in [2.75, 3.05) is 12.9 Å². The van der Waals surface area contributed by atoms with Gasteiger partial charge in [0.1, 0.15) is 0 Å². The smallest absolute Gasteiger partial charge is 0.338 e. The molecule has 2 aliphatic rings. The van der Waals surface area contributed by atoms with Crippen LogP contribution >= 0.6 is 11.8 Å². The molecule has 34 heavy (non-hydrogen) atoms. The fraction of sp³-hybridized carbons (Fsp3) is 0.292. The van der Waals surface area contributed by atoms with Gasteiger partial charge >= 0.3 is 12.0 Å². The Hall–Kier alpha value is -3.66. The van der Waals surface area contributed by atoms with Gasteiger partial charge in [-0.15, -0.1) is 5.10 Å². The van der Waals surface area contributed by atoms with Gasteiger partial charge in [-0.2, -0.15) is 4.68 Å². The van der Waals surface area contributed by atoms with E-state index in [2.05, 4.69) is 20.8 Å². The minimum Gasteiger partial charge on any atom is -0.466 e. The van der Waals surface area contributed by atoms with Crippen LogP contribution in [-0.4, -0.2) is 56.0 Å². The summed E-state index contributed by atoms with van der Waals surface area (Å²) in [5.74, 6) is -0.127. The van der Waals surface area contributed by atoms with E-state index in [-0.39, 0.29) is 12.1 Å². The number of hydrogen-bond acceptors (Lipinski definition) is 7. The number of aromatic nitrogens is 4. The summed E-state index contributed by atoms with van der Waals surface area (Å²) >= 11 is 1.38. The van der Waals surface area contributed by atoms with Gasteiger partial charge in [0.05, 0.1) is 24.4 Å². The number of rotatable bonds is 7. The van der Waals surface area contributed by atoms with Crippen LogP contribution in [0.4, 0.5) is 4.79 Å². The standard InChI is InChI=1S/C24H24N6O3S/c1-15-7-6-10-18(13-15)30-24(26-27-28-30)34-14-19-20(22(31)33-2)21(16-8-4-3-5-9-16)25-23(32)29(19)17-11-12-17/h3-10,13,17,21H,11-12,14H2,1-2H3,(H,25,32)/t21-/m1/s1. The summed E-state index contributed by atoms with van der Waals surface area (Å²) in [6.45, 7) is 2.01. The highest BCUT2D eigenvalue weighted by atomic mass is 32.2. The third-order valence-corrected chi connectivity index (χ3v) is 6.78. The lowest BCUT2D eigenvalue weighted by atomic mass is 9.95. The number of benzene rings is 2. The van der Waals surface area contributed by atoms with E-state index < -0.39 is 12.0 Å². The molecule has 1 N–H and O–H groups in total. The number of thioether (sulfide) groups is 1. The molecule has 10 heteroatoms. The van der Waals surface area contributed by atoms with E-state index in [1.165, 1.54) is 18.9 Å². The number of hydrogen-bond donors (Lipinski definition) is 1. The highest BCUT2D eigenvalue weighted by Crippen LogP contribution is 2.40. The van der Waals surface area contributed by atoms with Crippen LogP contribution in [-0.2, 0) is 9.53 Å². The number of esters is 1. The molecule has 1 aliphatic carbocycles. The molecule has 0 saturated heterocycles. The number of nitrogens with zero attached hydrogens (tertiary/aromatic N) is 5. The highest BCUT2D eigenvalue weighted by molar-refractivity contribution is 7.99. The van der Waals surface area contributed by atoms with Gasteiger partial charge in [0.15, 0.2) is 0 Å². The third-order valence-electron chi connectivity index (χ3n) is 5.85. The van der Waals surface area contributed by atoms with Gasteiger partial charge < -0.3 is 10.1 Å². The second-order valence-corrected chi connectivity index (χ2v) is 9.19. The fourth-order valence-electron chi connectivity index (χ4n) is 4.12. The Kier molecular flexibility index (Phi) is 6.06. The number of amides is 2. The first-order valence-electron chi connectivity index (χ1n) is 11.0. The molecular weight excluding hydrogens is 452 g/mol. The average Bonchev–Trinajstić information content (AvgIpc) is 3.58. The Morgan fingerprint density at radius 1 is 1.18 bits per heavy atom. The Balaban J connectivity index is 1.54. The number of carbonyl (C=O) groups is 2. The Labute approximate surface area is 201 Å². The lowest BCUT2D eigenvalue weighted by Crippen LogP contribution is -2.50. The average molecular weight is 477 g/mol. The second kappa shape index (κ2) is 9.30. The Morgan fingerprint density at radius 2 is 1.97 bits per heavy atom. The summed E-state index contributed by atoms with van der Waals surface area (Å²) in [6.07, 6.45) is 1.79. The monoisotopic (exact) mass is 476 g/mol. The van der Waals surface area contributed by atoms with Crippen molar-refractivity contribution in [3.05, 3.63) is 77.0 Å².